The molecule has 0 atom stereocenters. The number of hydrogen-bond donors (Lipinski definition) is 2. The number of benzene rings is 1. The Labute approximate surface area is 88.4 Å². The highest BCUT2D eigenvalue weighted by Gasteiger charge is 2.23. The SMILES string of the molecule is Nc1ccc(OCC(=O)NC2CC2)cc1. The predicted molar refractivity (Wildman–Crippen MR) is 57.5 cm³/mol. The molecule has 0 saturated heterocycles. The largest absolute Gasteiger partial charge is 0.484 e. The third-order valence-electron chi connectivity index (χ3n) is 2.19. The van der Waals surface area contributed by atoms with E-state index in [9.17, 15) is 4.79 Å². The van der Waals surface area contributed by atoms with E-state index < -0.39 is 0 Å². The summed E-state index contributed by atoms with van der Waals surface area (Å²) in [7, 11) is 0. The van der Waals surface area contributed by atoms with E-state index >= 15 is 0 Å². The molecule has 1 aromatic rings. The van der Waals surface area contributed by atoms with Crippen LogP contribution < -0.4 is 15.8 Å². The first-order chi connectivity index (χ1) is 7.24. The molecule has 1 amide bonds. The van der Waals surface area contributed by atoms with Gasteiger partial charge in [-0.05, 0) is 37.1 Å². The van der Waals surface area contributed by atoms with Crippen LogP contribution in [0.1, 0.15) is 12.8 Å². The Morgan fingerprint density at radius 2 is 2.07 bits per heavy atom. The van der Waals surface area contributed by atoms with Crippen LogP contribution >= 0.6 is 0 Å². The van der Waals surface area contributed by atoms with Gasteiger partial charge in [0.25, 0.3) is 5.91 Å². The Kier molecular flexibility index (Phi) is 2.76. The summed E-state index contributed by atoms with van der Waals surface area (Å²) < 4.78 is 5.28. The van der Waals surface area contributed by atoms with Crippen molar-refractivity contribution in [2.75, 3.05) is 12.3 Å². The summed E-state index contributed by atoms with van der Waals surface area (Å²) in [4.78, 5) is 11.3. The molecule has 0 aliphatic heterocycles. The first-order valence-electron chi connectivity index (χ1n) is 5.02. The van der Waals surface area contributed by atoms with E-state index in [2.05, 4.69) is 5.32 Å². The molecule has 0 heterocycles. The van der Waals surface area contributed by atoms with E-state index in [1.165, 1.54) is 0 Å². The number of nitrogens with one attached hydrogen (secondary N) is 1. The summed E-state index contributed by atoms with van der Waals surface area (Å²) >= 11 is 0. The van der Waals surface area contributed by atoms with Crippen molar-refractivity contribution in [1.82, 2.24) is 5.32 Å². The summed E-state index contributed by atoms with van der Waals surface area (Å²) in [5.74, 6) is 0.601. The molecule has 1 fully saturated rings. The molecule has 0 radical (unpaired) electrons. The number of carbonyl (C=O) groups excluding carboxylic acids is 1. The average Bonchev–Trinajstić information content (AvgIpc) is 3.01. The van der Waals surface area contributed by atoms with Crippen LogP contribution in [0.4, 0.5) is 5.69 Å². The quantitative estimate of drug-likeness (QED) is 0.720. The van der Waals surface area contributed by atoms with E-state index in [1.54, 1.807) is 24.3 Å². The van der Waals surface area contributed by atoms with Crippen molar-refractivity contribution in [2.45, 2.75) is 18.9 Å². The molecule has 1 aromatic carbocycles. The zero-order valence-corrected chi connectivity index (χ0v) is 8.40. The highest BCUT2D eigenvalue weighted by Crippen LogP contribution is 2.18. The molecule has 1 saturated carbocycles. The minimum atomic E-state index is -0.0608. The van der Waals surface area contributed by atoms with Gasteiger partial charge >= 0.3 is 0 Å². The number of ether oxygens (including phenoxy) is 1. The van der Waals surface area contributed by atoms with Gasteiger partial charge in [-0.1, -0.05) is 0 Å². The molecule has 80 valence electrons. The fourth-order valence-corrected chi connectivity index (χ4v) is 1.21. The second-order valence-electron chi connectivity index (χ2n) is 3.70. The number of amides is 1. The van der Waals surface area contributed by atoms with Gasteiger partial charge in [-0.15, -0.1) is 0 Å². The number of nitrogens with two attached hydrogens (primary N) is 1. The summed E-state index contributed by atoms with van der Waals surface area (Å²) in [6.07, 6.45) is 2.18. The van der Waals surface area contributed by atoms with Crippen LogP contribution in [0.25, 0.3) is 0 Å². The predicted octanol–water partition coefficient (Wildman–Crippen LogP) is 0.926. The van der Waals surface area contributed by atoms with Crippen LogP contribution in [-0.4, -0.2) is 18.6 Å². The summed E-state index contributed by atoms with van der Waals surface area (Å²) in [6.45, 7) is 0.0699. The first kappa shape index (κ1) is 9.83. The van der Waals surface area contributed by atoms with Crippen LogP contribution in [-0.2, 0) is 4.79 Å². The smallest absolute Gasteiger partial charge is 0.258 e. The van der Waals surface area contributed by atoms with E-state index in [-0.39, 0.29) is 12.5 Å². The maximum Gasteiger partial charge on any atom is 0.258 e. The van der Waals surface area contributed by atoms with Crippen molar-refractivity contribution >= 4 is 11.6 Å². The second-order valence-corrected chi connectivity index (χ2v) is 3.70. The third-order valence-corrected chi connectivity index (χ3v) is 2.19. The molecule has 4 nitrogen and oxygen atoms in total. The molecule has 0 bridgehead atoms. The monoisotopic (exact) mass is 206 g/mol. The summed E-state index contributed by atoms with van der Waals surface area (Å²) in [5, 5.41) is 2.85. The molecule has 15 heavy (non-hydrogen) atoms. The van der Waals surface area contributed by atoms with E-state index in [1.807, 2.05) is 0 Å². The molecular weight excluding hydrogens is 192 g/mol. The van der Waals surface area contributed by atoms with Crippen LogP contribution in [0.5, 0.6) is 5.75 Å². The van der Waals surface area contributed by atoms with Gasteiger partial charge in [0.15, 0.2) is 6.61 Å². The van der Waals surface area contributed by atoms with Gasteiger partial charge in [-0.2, -0.15) is 0 Å². The Morgan fingerprint density at radius 1 is 1.40 bits per heavy atom. The lowest BCUT2D eigenvalue weighted by Gasteiger charge is -2.06. The topological polar surface area (TPSA) is 64.3 Å². The average molecular weight is 206 g/mol. The Balaban J connectivity index is 1.76. The summed E-state index contributed by atoms with van der Waals surface area (Å²) in [6, 6.07) is 7.37. The Hall–Kier alpha value is -1.71. The van der Waals surface area contributed by atoms with Gasteiger partial charge in [0.05, 0.1) is 0 Å². The van der Waals surface area contributed by atoms with Gasteiger partial charge in [-0.3, -0.25) is 4.79 Å². The molecule has 1 aliphatic rings. The zero-order chi connectivity index (χ0) is 10.7. The number of rotatable bonds is 4. The Morgan fingerprint density at radius 3 is 2.67 bits per heavy atom. The van der Waals surface area contributed by atoms with E-state index in [0.29, 0.717) is 17.5 Å². The van der Waals surface area contributed by atoms with Crippen LogP contribution in [0, 0.1) is 0 Å². The fourth-order valence-electron chi connectivity index (χ4n) is 1.21. The van der Waals surface area contributed by atoms with Crippen molar-refractivity contribution in [3.8, 4) is 5.75 Å². The first-order valence-corrected chi connectivity index (χ1v) is 5.02. The number of hydrogen-bond acceptors (Lipinski definition) is 3. The van der Waals surface area contributed by atoms with Crippen molar-refractivity contribution in [2.24, 2.45) is 0 Å². The zero-order valence-electron chi connectivity index (χ0n) is 8.40. The molecule has 4 heteroatoms. The van der Waals surface area contributed by atoms with Gasteiger partial charge in [0.1, 0.15) is 5.75 Å². The van der Waals surface area contributed by atoms with Gasteiger partial charge in [0.2, 0.25) is 0 Å². The minimum absolute atomic E-state index is 0.0608. The molecular formula is C11H14N2O2. The lowest BCUT2D eigenvalue weighted by atomic mass is 10.3. The second kappa shape index (κ2) is 4.21. The number of nitrogen functional groups attached to an aromatic ring is 1. The van der Waals surface area contributed by atoms with Crippen LogP contribution in [0.2, 0.25) is 0 Å². The Bertz CT molecular complexity index is 344. The lowest BCUT2D eigenvalue weighted by molar-refractivity contribution is -0.123. The van der Waals surface area contributed by atoms with Crippen molar-refractivity contribution < 1.29 is 9.53 Å². The maximum absolute atomic E-state index is 11.3. The van der Waals surface area contributed by atoms with Gasteiger partial charge in [0, 0.05) is 11.7 Å². The van der Waals surface area contributed by atoms with E-state index in [4.69, 9.17) is 10.5 Å². The van der Waals surface area contributed by atoms with Crippen molar-refractivity contribution in [3.63, 3.8) is 0 Å². The maximum atomic E-state index is 11.3. The molecule has 0 aromatic heterocycles. The molecule has 3 N–H and O–H groups in total. The fraction of sp³-hybridized carbons (Fsp3) is 0.364. The molecule has 2 rings (SSSR count). The number of anilines is 1. The van der Waals surface area contributed by atoms with Crippen molar-refractivity contribution in [3.05, 3.63) is 24.3 Å². The number of carbonyl (C=O) groups is 1. The lowest BCUT2D eigenvalue weighted by Crippen LogP contribution is -2.30. The van der Waals surface area contributed by atoms with Crippen LogP contribution in [0.3, 0.4) is 0 Å². The normalized spacial score (nSPS) is 14.7. The molecule has 1 aliphatic carbocycles. The van der Waals surface area contributed by atoms with Gasteiger partial charge < -0.3 is 15.8 Å². The molecule has 0 unspecified atom stereocenters. The standard InChI is InChI=1S/C11H14N2O2/c12-8-1-5-10(6-2-8)15-7-11(14)13-9-3-4-9/h1-2,5-6,9H,3-4,7,12H2,(H,13,14). The third kappa shape index (κ3) is 3.16. The minimum Gasteiger partial charge on any atom is -0.484 e. The van der Waals surface area contributed by atoms with E-state index in [0.717, 1.165) is 12.8 Å². The van der Waals surface area contributed by atoms with Crippen molar-refractivity contribution in [1.29, 1.82) is 0 Å². The highest BCUT2D eigenvalue weighted by molar-refractivity contribution is 5.78. The molecule has 0 spiro atoms. The van der Waals surface area contributed by atoms with Crippen LogP contribution in [0.15, 0.2) is 24.3 Å². The summed E-state index contributed by atoms with van der Waals surface area (Å²) in [5.41, 5.74) is 6.21. The van der Waals surface area contributed by atoms with Gasteiger partial charge in [-0.25, -0.2) is 0 Å². The highest BCUT2D eigenvalue weighted by atomic mass is 16.5.